The number of nitrogens with one attached hydrogen (secondary N) is 1. The summed E-state index contributed by atoms with van der Waals surface area (Å²) in [5.41, 5.74) is -0.782. The van der Waals surface area contributed by atoms with E-state index >= 15 is 0 Å². The molecule has 0 radical (unpaired) electrons. The number of hydrogen-bond donors (Lipinski definition) is 2. The fourth-order valence-corrected chi connectivity index (χ4v) is 1.99. The lowest BCUT2D eigenvalue weighted by Crippen LogP contribution is -2.08. The summed E-state index contributed by atoms with van der Waals surface area (Å²) < 4.78 is 48.4. The average molecular weight is 251 g/mol. The van der Waals surface area contributed by atoms with E-state index in [4.69, 9.17) is 4.55 Å². The number of H-pyrrole nitrogens is 1. The lowest BCUT2D eigenvalue weighted by atomic mass is 10.4. The van der Waals surface area contributed by atoms with Gasteiger partial charge in [-0.1, -0.05) is 0 Å². The summed E-state index contributed by atoms with van der Waals surface area (Å²) >= 11 is 0. The van der Waals surface area contributed by atoms with Crippen LogP contribution in [0.5, 0.6) is 0 Å². The zero-order valence-corrected chi connectivity index (χ0v) is 9.39. The quantitative estimate of drug-likeness (QED) is 0.614. The number of aromatic amines is 1. The van der Waals surface area contributed by atoms with Crippen LogP contribution in [0.25, 0.3) is 0 Å². The first-order valence-electron chi connectivity index (χ1n) is 4.31. The summed E-state index contributed by atoms with van der Waals surface area (Å²) in [5.74, 6) is -2.35. The molecule has 6 nitrogen and oxygen atoms in total. The molecule has 0 aromatic carbocycles. The predicted molar refractivity (Wildman–Crippen MR) is 51.3 cm³/mol. The van der Waals surface area contributed by atoms with E-state index in [9.17, 15) is 17.6 Å². The summed E-state index contributed by atoms with van der Waals surface area (Å²) in [6.07, 6.45) is 0. The highest BCUT2D eigenvalue weighted by Crippen LogP contribution is 2.22. The van der Waals surface area contributed by atoms with Crippen LogP contribution in [0, 0.1) is 12.7 Å². The Balaban J connectivity index is 3.33. The fourth-order valence-electron chi connectivity index (χ4n) is 1.23. The largest absolute Gasteiger partial charge is 0.461 e. The van der Waals surface area contributed by atoms with Gasteiger partial charge in [0.15, 0.2) is 16.4 Å². The van der Waals surface area contributed by atoms with E-state index in [0.29, 0.717) is 0 Å². The fraction of sp³-hybridized carbons (Fsp3) is 0.375. The third-order valence-corrected chi connectivity index (χ3v) is 2.81. The monoisotopic (exact) mass is 251 g/mol. The van der Waals surface area contributed by atoms with Crippen LogP contribution < -0.4 is 0 Å². The number of carbonyl (C=O) groups is 1. The maximum atomic E-state index is 13.5. The van der Waals surface area contributed by atoms with Gasteiger partial charge >= 0.3 is 5.97 Å². The highest BCUT2D eigenvalue weighted by atomic mass is 32.2. The minimum atomic E-state index is -4.71. The third kappa shape index (κ3) is 2.22. The second-order valence-corrected chi connectivity index (χ2v) is 4.32. The number of ether oxygens (including phenoxy) is 1. The first-order chi connectivity index (χ1) is 7.29. The maximum Gasteiger partial charge on any atom is 0.357 e. The Bertz CT molecular complexity index is 519. The molecule has 1 aromatic heterocycles. The minimum absolute atomic E-state index is 0.0253. The lowest BCUT2D eigenvalue weighted by molar-refractivity contribution is 0.0514. The first kappa shape index (κ1) is 12.7. The molecule has 0 amide bonds. The maximum absolute atomic E-state index is 13.5. The molecule has 1 heterocycles. The summed E-state index contributed by atoms with van der Waals surface area (Å²) in [6, 6.07) is 0. The molecule has 2 N–H and O–H groups in total. The van der Waals surface area contributed by atoms with Crippen LogP contribution in [0.15, 0.2) is 4.90 Å². The van der Waals surface area contributed by atoms with Crippen LogP contribution in [0.2, 0.25) is 0 Å². The molecular formula is C8H10FNO5S. The van der Waals surface area contributed by atoms with Crippen molar-refractivity contribution in [2.24, 2.45) is 0 Å². The van der Waals surface area contributed by atoms with Gasteiger partial charge in [-0.15, -0.1) is 0 Å². The minimum Gasteiger partial charge on any atom is -0.461 e. The molecule has 0 bridgehead atoms. The predicted octanol–water partition coefficient (Wildman–Crippen LogP) is 0.886. The van der Waals surface area contributed by atoms with Crippen molar-refractivity contribution < 1.29 is 26.9 Å². The normalized spacial score (nSPS) is 11.5. The molecule has 0 aliphatic rings. The van der Waals surface area contributed by atoms with Gasteiger partial charge in [-0.3, -0.25) is 4.55 Å². The van der Waals surface area contributed by atoms with E-state index in [1.165, 1.54) is 13.8 Å². The third-order valence-electron chi connectivity index (χ3n) is 1.81. The highest BCUT2D eigenvalue weighted by Gasteiger charge is 2.28. The lowest BCUT2D eigenvalue weighted by Gasteiger charge is -1.98. The Hall–Kier alpha value is -1.41. The van der Waals surface area contributed by atoms with Gasteiger partial charge in [-0.2, -0.15) is 8.42 Å². The number of hydrogen-bond acceptors (Lipinski definition) is 4. The first-order valence-corrected chi connectivity index (χ1v) is 5.75. The second-order valence-electron chi connectivity index (χ2n) is 2.96. The van der Waals surface area contributed by atoms with Crippen molar-refractivity contribution in [2.45, 2.75) is 18.7 Å². The van der Waals surface area contributed by atoms with Gasteiger partial charge in [0.05, 0.1) is 6.61 Å². The standard InChI is InChI=1S/C8H10FNO5S/c1-3-15-8(11)6-5(9)7(4(2)10-6)16(12,13)14/h10H,3H2,1-2H3,(H,12,13,14). The molecule has 0 atom stereocenters. The molecule has 0 unspecified atom stereocenters. The molecule has 90 valence electrons. The van der Waals surface area contributed by atoms with Crippen molar-refractivity contribution >= 4 is 16.1 Å². The molecule has 0 saturated carbocycles. The van der Waals surface area contributed by atoms with Gasteiger partial charge in [0, 0.05) is 5.69 Å². The second kappa shape index (κ2) is 4.22. The summed E-state index contributed by atoms with van der Waals surface area (Å²) in [7, 11) is -4.71. The smallest absolute Gasteiger partial charge is 0.357 e. The highest BCUT2D eigenvalue weighted by molar-refractivity contribution is 7.85. The summed E-state index contributed by atoms with van der Waals surface area (Å²) in [5, 5.41) is 0. The van der Waals surface area contributed by atoms with Crippen LogP contribution in [-0.4, -0.2) is 30.5 Å². The van der Waals surface area contributed by atoms with E-state index in [2.05, 4.69) is 9.72 Å². The van der Waals surface area contributed by atoms with Crippen LogP contribution in [0.3, 0.4) is 0 Å². The SMILES string of the molecule is CCOC(=O)c1[nH]c(C)c(S(=O)(=O)O)c1F. The summed E-state index contributed by atoms with van der Waals surface area (Å²) in [6.45, 7) is 2.77. The van der Waals surface area contributed by atoms with Gasteiger partial charge in [0.1, 0.15) is 0 Å². The number of carbonyl (C=O) groups excluding carboxylic acids is 1. The van der Waals surface area contributed by atoms with E-state index in [1.54, 1.807) is 0 Å². The number of esters is 1. The molecule has 0 aliphatic heterocycles. The van der Waals surface area contributed by atoms with Crippen LogP contribution in [0.1, 0.15) is 23.1 Å². The number of aromatic nitrogens is 1. The summed E-state index contributed by atoms with van der Waals surface area (Å²) in [4.78, 5) is 12.5. The van der Waals surface area contributed by atoms with Crippen LogP contribution in [0.4, 0.5) is 4.39 Å². The van der Waals surface area contributed by atoms with Gasteiger partial charge in [-0.05, 0) is 13.8 Å². The number of halogens is 1. The Morgan fingerprint density at radius 2 is 2.12 bits per heavy atom. The molecule has 1 rings (SSSR count). The molecule has 16 heavy (non-hydrogen) atoms. The molecular weight excluding hydrogens is 241 g/mol. The molecule has 0 aliphatic carbocycles. The van der Waals surface area contributed by atoms with Crippen LogP contribution >= 0.6 is 0 Å². The van der Waals surface area contributed by atoms with Gasteiger partial charge < -0.3 is 9.72 Å². The van der Waals surface area contributed by atoms with E-state index in [0.717, 1.165) is 0 Å². The van der Waals surface area contributed by atoms with Crippen molar-refractivity contribution in [3.8, 4) is 0 Å². The van der Waals surface area contributed by atoms with E-state index in [-0.39, 0.29) is 12.3 Å². The Kier molecular flexibility index (Phi) is 3.34. The van der Waals surface area contributed by atoms with Gasteiger partial charge in [-0.25, -0.2) is 9.18 Å². The molecule has 8 heteroatoms. The Labute approximate surface area is 91.2 Å². The molecule has 0 saturated heterocycles. The molecule has 0 fully saturated rings. The zero-order chi connectivity index (χ0) is 12.5. The average Bonchev–Trinajstić information content (AvgIpc) is 2.41. The van der Waals surface area contributed by atoms with Gasteiger partial charge in [0.25, 0.3) is 10.1 Å². The Morgan fingerprint density at radius 1 is 1.56 bits per heavy atom. The topological polar surface area (TPSA) is 96.5 Å². The van der Waals surface area contributed by atoms with Crippen molar-refractivity contribution in [2.75, 3.05) is 6.61 Å². The van der Waals surface area contributed by atoms with Crippen LogP contribution in [-0.2, 0) is 14.9 Å². The number of aryl methyl sites for hydroxylation is 1. The number of rotatable bonds is 3. The van der Waals surface area contributed by atoms with Crippen molar-refractivity contribution in [3.05, 3.63) is 17.2 Å². The van der Waals surface area contributed by atoms with Crippen molar-refractivity contribution in [1.29, 1.82) is 0 Å². The van der Waals surface area contributed by atoms with E-state index < -0.39 is 32.5 Å². The molecule has 1 aromatic rings. The molecule has 0 spiro atoms. The van der Waals surface area contributed by atoms with Gasteiger partial charge in [0.2, 0.25) is 0 Å². The van der Waals surface area contributed by atoms with Crippen molar-refractivity contribution in [3.63, 3.8) is 0 Å². The van der Waals surface area contributed by atoms with E-state index in [1.807, 2.05) is 0 Å². The zero-order valence-electron chi connectivity index (χ0n) is 8.57. The Morgan fingerprint density at radius 3 is 2.50 bits per heavy atom. The van der Waals surface area contributed by atoms with Crippen molar-refractivity contribution in [1.82, 2.24) is 4.98 Å².